The smallest absolute Gasteiger partial charge is 0.203 e. The first-order valence-corrected chi connectivity index (χ1v) is 12.6. The first kappa shape index (κ1) is 28.1. The van der Waals surface area contributed by atoms with Crippen molar-refractivity contribution in [2.45, 2.75) is 27.7 Å². The third-order valence-corrected chi connectivity index (χ3v) is 6.70. The normalized spacial score (nSPS) is 10.6. The Balaban J connectivity index is 0.00000380. The van der Waals surface area contributed by atoms with E-state index in [1.165, 1.54) is 6.07 Å². The molecule has 0 radical (unpaired) electrons. The van der Waals surface area contributed by atoms with Crippen LogP contribution >= 0.6 is 24.6 Å². The summed E-state index contributed by atoms with van der Waals surface area (Å²) in [5.41, 5.74) is 4.32. The van der Waals surface area contributed by atoms with Gasteiger partial charge in [-0.2, -0.15) is 4.99 Å². The van der Waals surface area contributed by atoms with Crippen molar-refractivity contribution in [3.8, 4) is 22.5 Å². The molecule has 0 amide bonds. The van der Waals surface area contributed by atoms with Gasteiger partial charge in [0.1, 0.15) is 24.4 Å². The number of rotatable bonds is 8. The Kier molecular flexibility index (Phi) is 9.22. The number of anilines is 1. The molecular formula is C29H30ClN3O3S. The monoisotopic (exact) mass is 535 g/mol. The molecule has 8 heteroatoms. The second-order valence-electron chi connectivity index (χ2n) is 8.40. The third-order valence-electron chi connectivity index (χ3n) is 6.61. The Hall–Kier alpha value is -3.51. The Morgan fingerprint density at radius 3 is 2.32 bits per heavy atom. The van der Waals surface area contributed by atoms with Crippen LogP contribution in [0.1, 0.15) is 38.1 Å². The molecule has 1 aliphatic carbocycles. The molecule has 0 aromatic heterocycles. The molecule has 0 unspecified atom stereocenters. The summed E-state index contributed by atoms with van der Waals surface area (Å²) < 4.78 is 8.72. The van der Waals surface area contributed by atoms with Crippen LogP contribution in [0.15, 0.2) is 64.0 Å². The quantitative estimate of drug-likeness (QED) is 0.131. The van der Waals surface area contributed by atoms with Crippen molar-refractivity contribution in [3.05, 3.63) is 65.5 Å². The van der Waals surface area contributed by atoms with Gasteiger partial charge >= 0.3 is 0 Å². The largest absolute Gasteiger partial charge is 0.545 e. The predicted octanol–water partition coefficient (Wildman–Crippen LogP) is 5.38. The van der Waals surface area contributed by atoms with Gasteiger partial charge in [0.15, 0.2) is 0 Å². The molecule has 37 heavy (non-hydrogen) atoms. The molecular weight excluding hydrogens is 506 g/mol. The van der Waals surface area contributed by atoms with Crippen LogP contribution in [0.5, 0.6) is 0 Å². The number of nitrogens with zero attached hydrogens (tertiary/aromatic N) is 3. The van der Waals surface area contributed by atoms with Crippen molar-refractivity contribution in [3.63, 3.8) is 0 Å². The number of benzene rings is 3. The maximum Gasteiger partial charge on any atom is 0.203 e. The number of hydrogen-bond donors (Lipinski definition) is 0. The van der Waals surface area contributed by atoms with Crippen LogP contribution in [-0.2, 0) is 0 Å². The molecule has 0 spiro atoms. The highest BCUT2D eigenvalue weighted by Gasteiger charge is 2.21. The Labute approximate surface area is 228 Å². The molecule has 0 saturated carbocycles. The van der Waals surface area contributed by atoms with Crippen molar-refractivity contribution in [1.29, 1.82) is 0 Å². The van der Waals surface area contributed by atoms with E-state index in [-0.39, 0.29) is 18.0 Å². The van der Waals surface area contributed by atoms with Crippen molar-refractivity contribution >= 4 is 58.1 Å². The van der Waals surface area contributed by atoms with E-state index in [0.717, 1.165) is 53.7 Å². The van der Waals surface area contributed by atoms with E-state index in [1.54, 1.807) is 12.1 Å². The van der Waals surface area contributed by atoms with Gasteiger partial charge in [-0.3, -0.25) is 0 Å². The summed E-state index contributed by atoms with van der Waals surface area (Å²) in [5, 5.41) is 16.4. The summed E-state index contributed by atoms with van der Waals surface area (Å²) in [4.78, 5) is 18.4. The van der Waals surface area contributed by atoms with Gasteiger partial charge in [0, 0.05) is 53.0 Å². The van der Waals surface area contributed by atoms with Crippen molar-refractivity contribution in [1.82, 2.24) is 4.58 Å². The zero-order valence-corrected chi connectivity index (χ0v) is 23.0. The van der Waals surface area contributed by atoms with E-state index < -0.39 is 5.97 Å². The van der Waals surface area contributed by atoms with Gasteiger partial charge in [0.25, 0.3) is 0 Å². The number of isothiocyanates is 1. The fourth-order valence-electron chi connectivity index (χ4n) is 4.77. The van der Waals surface area contributed by atoms with Crippen LogP contribution in [0.2, 0.25) is 0 Å². The highest BCUT2D eigenvalue weighted by molar-refractivity contribution is 7.78. The van der Waals surface area contributed by atoms with E-state index in [9.17, 15) is 9.90 Å². The number of halogens is 1. The van der Waals surface area contributed by atoms with E-state index in [2.05, 4.69) is 47.3 Å². The number of aliphatic imine (C=N–C) groups is 1. The van der Waals surface area contributed by atoms with Crippen molar-refractivity contribution in [2.24, 2.45) is 4.99 Å². The second-order valence-corrected chi connectivity index (χ2v) is 8.59. The number of carbonyl (C=O) groups excluding carboxylic acids is 1. The number of carboxylic acids is 1. The molecule has 2 aliphatic rings. The van der Waals surface area contributed by atoms with Gasteiger partial charge < -0.3 is 19.2 Å². The lowest BCUT2D eigenvalue weighted by Crippen LogP contribution is -2.29. The number of thiocarbonyl (C=S) groups is 1. The molecule has 0 fully saturated rings. The molecule has 192 valence electrons. The molecule has 2 aromatic rings. The summed E-state index contributed by atoms with van der Waals surface area (Å²) in [6.45, 7) is 11.9. The van der Waals surface area contributed by atoms with E-state index in [1.807, 2.05) is 36.4 Å². The number of carbonyl (C=O) groups is 1. The zero-order chi connectivity index (χ0) is 25.8. The van der Waals surface area contributed by atoms with Gasteiger partial charge in [0.2, 0.25) is 5.36 Å². The first-order valence-electron chi connectivity index (χ1n) is 12.2. The van der Waals surface area contributed by atoms with Crippen LogP contribution < -0.4 is 19.9 Å². The maximum absolute atomic E-state index is 12.2. The average Bonchev–Trinajstić information content (AvgIpc) is 2.89. The summed E-state index contributed by atoms with van der Waals surface area (Å²) in [5.74, 6) is -0.600. The van der Waals surface area contributed by atoms with E-state index in [0.29, 0.717) is 22.6 Å². The van der Waals surface area contributed by atoms with E-state index in [4.69, 9.17) is 16.6 Å². The minimum atomic E-state index is -1.28. The molecule has 0 saturated heterocycles. The summed E-state index contributed by atoms with van der Waals surface area (Å²) >= 11 is 4.70. The summed E-state index contributed by atoms with van der Waals surface area (Å²) in [6.07, 6.45) is 0. The Morgan fingerprint density at radius 2 is 1.70 bits per heavy atom. The molecule has 6 nitrogen and oxygen atoms in total. The number of aromatic carboxylic acids is 1. The molecule has 4 rings (SSSR count). The Morgan fingerprint density at radius 1 is 1.00 bits per heavy atom. The SMILES string of the molecule is CCN(CC)c1ccc2c(-c3ccc(N=C=S)cc3C(=O)[O-])c3ccc(=[N+](CC)CC)cc-3oc2c1.Cl. The fourth-order valence-corrected chi connectivity index (χ4v) is 4.88. The maximum atomic E-state index is 12.2. The predicted molar refractivity (Wildman–Crippen MR) is 154 cm³/mol. The number of fused-ring (bicyclic) bond motifs is 2. The van der Waals surface area contributed by atoms with Crippen LogP contribution in [-0.4, -0.2) is 37.3 Å². The summed E-state index contributed by atoms with van der Waals surface area (Å²) in [7, 11) is 0. The lowest BCUT2D eigenvalue weighted by molar-refractivity contribution is -0.254. The van der Waals surface area contributed by atoms with Crippen LogP contribution in [0.3, 0.4) is 0 Å². The third kappa shape index (κ3) is 5.44. The highest BCUT2D eigenvalue weighted by atomic mass is 35.5. The zero-order valence-electron chi connectivity index (χ0n) is 21.4. The highest BCUT2D eigenvalue weighted by Crippen LogP contribution is 2.42. The lowest BCUT2D eigenvalue weighted by atomic mass is 9.90. The summed E-state index contributed by atoms with van der Waals surface area (Å²) in [6, 6.07) is 17.1. The minimum Gasteiger partial charge on any atom is -0.545 e. The molecule has 0 atom stereocenters. The van der Waals surface area contributed by atoms with Gasteiger partial charge in [0.05, 0.1) is 22.9 Å². The molecule has 1 aliphatic heterocycles. The minimum absolute atomic E-state index is 0. The molecule has 0 N–H and O–H groups in total. The number of carboxylic acid groups (broad SMARTS) is 1. The first-order chi connectivity index (χ1) is 17.4. The van der Waals surface area contributed by atoms with Crippen LogP contribution in [0.25, 0.3) is 33.4 Å². The van der Waals surface area contributed by atoms with Crippen LogP contribution in [0, 0.1) is 0 Å². The average molecular weight is 536 g/mol. The van der Waals surface area contributed by atoms with Gasteiger partial charge in [-0.05, 0) is 75.8 Å². The van der Waals surface area contributed by atoms with Crippen molar-refractivity contribution in [2.75, 3.05) is 31.1 Å². The fraction of sp³-hybridized carbons (Fsp3) is 0.276. The Bertz CT molecular complexity index is 1530. The molecule has 0 bridgehead atoms. The number of hydrogen-bond acceptors (Lipinski definition) is 6. The molecule has 1 heterocycles. The van der Waals surface area contributed by atoms with Gasteiger partial charge in [-0.1, -0.05) is 6.07 Å². The standard InChI is InChI=1S/C29H29N3O3S.ClH/c1-5-31(6-2)20-10-13-23-26(16-20)35-27-17-21(32(7-3)8-4)11-14-24(27)28(23)22-12-9-19(30-18-36)15-25(22)29(33)34;/h9-17H,5-8H2,1-4H3;1H. The lowest BCUT2D eigenvalue weighted by Gasteiger charge is -2.23. The van der Waals surface area contributed by atoms with E-state index >= 15 is 0 Å². The second kappa shape index (κ2) is 12.2. The molecule has 2 aromatic carbocycles. The topological polar surface area (TPSA) is 71.9 Å². The van der Waals surface area contributed by atoms with Gasteiger partial charge in [-0.15, -0.1) is 12.4 Å². The van der Waals surface area contributed by atoms with Crippen molar-refractivity contribution < 1.29 is 14.3 Å². The van der Waals surface area contributed by atoms with Crippen LogP contribution in [0.4, 0.5) is 11.4 Å². The van der Waals surface area contributed by atoms with Gasteiger partial charge in [-0.25, -0.2) is 4.58 Å².